The van der Waals surface area contributed by atoms with Gasteiger partial charge in [-0.3, -0.25) is 4.79 Å². The highest BCUT2D eigenvalue weighted by Gasteiger charge is 2.14. The van der Waals surface area contributed by atoms with Crippen molar-refractivity contribution in [2.45, 2.75) is 26.1 Å². The maximum atomic E-state index is 11.9. The van der Waals surface area contributed by atoms with Crippen molar-refractivity contribution in [2.75, 3.05) is 5.32 Å². The number of rotatable bonds is 11. The Morgan fingerprint density at radius 2 is 1.64 bits per heavy atom. The van der Waals surface area contributed by atoms with Crippen LogP contribution in [0.15, 0.2) is 79.1 Å². The summed E-state index contributed by atoms with van der Waals surface area (Å²) in [4.78, 5) is 32.5. The van der Waals surface area contributed by atoms with Gasteiger partial charge in [0.25, 0.3) is 0 Å². The number of terminal acetylenes is 1. The maximum Gasteiger partial charge on any atom is 0.337 e. The molecule has 0 saturated carbocycles. The monoisotopic (exact) mass is 541 g/mol. The third kappa shape index (κ3) is 7.81. The number of carboxylic acids is 1. The Morgan fingerprint density at radius 3 is 2.36 bits per heavy atom. The van der Waals surface area contributed by atoms with Gasteiger partial charge in [0.15, 0.2) is 5.82 Å². The van der Waals surface area contributed by atoms with E-state index >= 15 is 0 Å². The lowest BCUT2D eigenvalue weighted by Crippen LogP contribution is -2.14. The predicted octanol–water partition coefficient (Wildman–Crippen LogP) is 6.01. The van der Waals surface area contributed by atoms with Crippen LogP contribution in [0.4, 0.5) is 5.69 Å². The Kier molecular flexibility index (Phi) is 9.11. The number of hydrogen-bond acceptors (Lipinski definition) is 6. The molecule has 1 heterocycles. The van der Waals surface area contributed by atoms with Crippen LogP contribution in [-0.2, 0) is 18.0 Å². The molecule has 0 spiro atoms. The number of anilines is 1. The minimum Gasteiger partial charge on any atom is -0.489 e. The molecule has 0 aliphatic rings. The number of carbonyl (C=O) groups is 2. The number of aromatic nitrogens is 2. The average molecular weight is 542 g/mol. The first-order valence-electron chi connectivity index (χ1n) is 11.9. The zero-order valence-electron chi connectivity index (χ0n) is 20.8. The van der Waals surface area contributed by atoms with E-state index in [2.05, 4.69) is 21.2 Å². The number of halogens is 1. The van der Waals surface area contributed by atoms with Gasteiger partial charge < -0.3 is 19.9 Å². The van der Waals surface area contributed by atoms with E-state index in [1.165, 1.54) is 12.1 Å². The van der Waals surface area contributed by atoms with Crippen molar-refractivity contribution in [3.8, 4) is 35.2 Å². The second-order valence-corrected chi connectivity index (χ2v) is 8.85. The molecule has 39 heavy (non-hydrogen) atoms. The van der Waals surface area contributed by atoms with Crippen LogP contribution in [0.5, 0.6) is 11.5 Å². The molecule has 0 aliphatic carbocycles. The minimum absolute atomic E-state index is 0.0920. The molecule has 9 heteroatoms. The van der Waals surface area contributed by atoms with Crippen molar-refractivity contribution >= 4 is 29.2 Å². The molecule has 0 atom stereocenters. The molecule has 3 aromatic carbocycles. The molecule has 0 unspecified atom stereocenters. The molecule has 0 fully saturated rings. The molecular formula is C30H24ClN3O5. The lowest BCUT2D eigenvalue weighted by Gasteiger charge is -2.11. The third-order valence-electron chi connectivity index (χ3n) is 5.49. The van der Waals surface area contributed by atoms with Gasteiger partial charge in [0.2, 0.25) is 5.91 Å². The smallest absolute Gasteiger partial charge is 0.337 e. The highest BCUT2D eigenvalue weighted by molar-refractivity contribution is 6.30. The Hall–Kier alpha value is -4.87. The molecule has 196 valence electrons. The van der Waals surface area contributed by atoms with Crippen LogP contribution in [0.1, 0.15) is 34.3 Å². The molecule has 0 radical (unpaired) electrons. The lowest BCUT2D eigenvalue weighted by atomic mass is 10.1. The zero-order valence-corrected chi connectivity index (χ0v) is 21.5. The van der Waals surface area contributed by atoms with Crippen LogP contribution < -0.4 is 14.8 Å². The average Bonchev–Trinajstić information content (AvgIpc) is 2.95. The third-order valence-corrected chi connectivity index (χ3v) is 5.72. The van der Waals surface area contributed by atoms with Crippen LogP contribution in [0.3, 0.4) is 0 Å². The standard InChI is InChI=1S/C30H24ClN3O5/c1-2-3-10-28(35)34-27-12-11-25(15-26(27)30(36)37)39-19-21-16-32-29(33-17-21)22-7-5-9-24(14-22)38-18-20-6-4-8-23(31)13-20/h1,4-9,11-17H,3,10,18-19H2,(H,34,35)(H,36,37). The van der Waals surface area contributed by atoms with Gasteiger partial charge in [0, 0.05) is 41.4 Å². The fourth-order valence-electron chi connectivity index (χ4n) is 3.56. The van der Waals surface area contributed by atoms with E-state index < -0.39 is 5.97 Å². The van der Waals surface area contributed by atoms with Crippen molar-refractivity contribution in [3.05, 3.63) is 101 Å². The summed E-state index contributed by atoms with van der Waals surface area (Å²) in [5.41, 5.74) is 2.52. The number of aromatic carboxylic acids is 1. The molecular weight excluding hydrogens is 518 g/mol. The number of carboxylic acid groups (broad SMARTS) is 1. The van der Waals surface area contributed by atoms with Gasteiger partial charge in [-0.05, 0) is 48.0 Å². The fraction of sp³-hybridized carbons (Fsp3) is 0.133. The summed E-state index contributed by atoms with van der Waals surface area (Å²) in [5.74, 6) is 2.33. The lowest BCUT2D eigenvalue weighted by molar-refractivity contribution is -0.116. The number of benzene rings is 3. The van der Waals surface area contributed by atoms with Crippen molar-refractivity contribution in [1.29, 1.82) is 0 Å². The van der Waals surface area contributed by atoms with Gasteiger partial charge in [0.05, 0.1) is 11.3 Å². The second kappa shape index (κ2) is 13.1. The molecule has 8 nitrogen and oxygen atoms in total. The molecule has 1 amide bonds. The summed E-state index contributed by atoms with van der Waals surface area (Å²) in [6.07, 6.45) is 8.81. The van der Waals surface area contributed by atoms with Crippen molar-refractivity contribution < 1.29 is 24.2 Å². The zero-order chi connectivity index (χ0) is 27.6. The molecule has 2 N–H and O–H groups in total. The first-order chi connectivity index (χ1) is 18.9. The Balaban J connectivity index is 1.37. The first kappa shape index (κ1) is 27.2. The molecule has 0 bridgehead atoms. The molecule has 4 rings (SSSR count). The van der Waals surface area contributed by atoms with Gasteiger partial charge >= 0.3 is 5.97 Å². The number of nitrogens with one attached hydrogen (secondary N) is 1. The van der Waals surface area contributed by atoms with E-state index in [0.717, 1.165) is 11.1 Å². The van der Waals surface area contributed by atoms with Crippen molar-refractivity contribution in [3.63, 3.8) is 0 Å². The van der Waals surface area contributed by atoms with Gasteiger partial charge in [0.1, 0.15) is 24.7 Å². The van der Waals surface area contributed by atoms with Crippen LogP contribution in [0.25, 0.3) is 11.4 Å². The summed E-state index contributed by atoms with van der Waals surface area (Å²) < 4.78 is 11.6. The van der Waals surface area contributed by atoms with Crippen LogP contribution >= 0.6 is 11.6 Å². The van der Waals surface area contributed by atoms with Crippen LogP contribution in [0, 0.1) is 12.3 Å². The van der Waals surface area contributed by atoms with Gasteiger partial charge in [-0.25, -0.2) is 14.8 Å². The molecule has 1 aromatic heterocycles. The summed E-state index contributed by atoms with van der Waals surface area (Å²) in [6, 6.07) is 19.4. The minimum atomic E-state index is -1.20. The summed E-state index contributed by atoms with van der Waals surface area (Å²) in [6.45, 7) is 0.500. The van der Waals surface area contributed by atoms with Crippen LogP contribution in [-0.4, -0.2) is 27.0 Å². The number of carbonyl (C=O) groups excluding carboxylic acids is 1. The van der Waals surface area contributed by atoms with Gasteiger partial charge in [-0.1, -0.05) is 35.9 Å². The SMILES string of the molecule is C#CCCC(=O)Nc1ccc(OCc2cnc(-c3cccc(OCc4cccc(Cl)c4)c3)nc2)cc1C(=O)O. The van der Waals surface area contributed by atoms with Crippen molar-refractivity contribution in [1.82, 2.24) is 9.97 Å². The quantitative estimate of drug-likeness (QED) is 0.224. The summed E-state index contributed by atoms with van der Waals surface area (Å²) in [5, 5.41) is 12.8. The number of hydrogen-bond donors (Lipinski definition) is 2. The van der Waals surface area contributed by atoms with E-state index in [1.807, 2.05) is 48.5 Å². The first-order valence-corrected chi connectivity index (χ1v) is 12.3. The Labute approximate surface area is 230 Å². The normalized spacial score (nSPS) is 10.4. The number of ether oxygens (including phenoxy) is 2. The highest BCUT2D eigenvalue weighted by Crippen LogP contribution is 2.25. The molecule has 0 aliphatic heterocycles. The number of amides is 1. The van der Waals surface area contributed by atoms with Gasteiger partial charge in [-0.2, -0.15) is 0 Å². The van der Waals surface area contributed by atoms with Gasteiger partial charge in [-0.15, -0.1) is 12.3 Å². The van der Waals surface area contributed by atoms with Crippen LogP contribution in [0.2, 0.25) is 5.02 Å². The second-order valence-electron chi connectivity index (χ2n) is 8.41. The van der Waals surface area contributed by atoms with E-state index in [0.29, 0.717) is 34.5 Å². The van der Waals surface area contributed by atoms with E-state index in [9.17, 15) is 14.7 Å². The largest absolute Gasteiger partial charge is 0.489 e. The maximum absolute atomic E-state index is 11.9. The molecule has 4 aromatic rings. The molecule has 0 saturated heterocycles. The van der Waals surface area contributed by atoms with E-state index in [4.69, 9.17) is 27.5 Å². The van der Waals surface area contributed by atoms with Crippen molar-refractivity contribution in [2.24, 2.45) is 0 Å². The summed E-state index contributed by atoms with van der Waals surface area (Å²) in [7, 11) is 0. The topological polar surface area (TPSA) is 111 Å². The summed E-state index contributed by atoms with van der Waals surface area (Å²) >= 11 is 6.03. The Bertz CT molecular complexity index is 1520. The van der Waals surface area contributed by atoms with E-state index in [1.54, 1.807) is 18.5 Å². The van der Waals surface area contributed by atoms with E-state index in [-0.39, 0.29) is 36.6 Å². The highest BCUT2D eigenvalue weighted by atomic mass is 35.5. The Morgan fingerprint density at radius 1 is 0.923 bits per heavy atom. The predicted molar refractivity (Wildman–Crippen MR) is 148 cm³/mol. The number of nitrogens with zero attached hydrogens (tertiary/aromatic N) is 2. The fourth-order valence-corrected chi connectivity index (χ4v) is 3.77.